The Morgan fingerprint density at radius 3 is 2.41 bits per heavy atom. The second-order valence-electron chi connectivity index (χ2n) is 4.62. The van der Waals surface area contributed by atoms with Gasteiger partial charge in [0.15, 0.2) is 0 Å². The molecule has 0 saturated carbocycles. The van der Waals surface area contributed by atoms with E-state index in [1.165, 1.54) is 19.3 Å². The van der Waals surface area contributed by atoms with Crippen molar-refractivity contribution >= 4 is 18.6 Å². The van der Waals surface area contributed by atoms with Gasteiger partial charge in [0.25, 0.3) is 0 Å². The van der Waals surface area contributed by atoms with Crippen molar-refractivity contribution in [1.29, 1.82) is 0 Å². The van der Waals surface area contributed by atoms with Crippen molar-refractivity contribution in [3.8, 4) is 0 Å². The molecule has 0 radical (unpaired) electrons. The lowest BCUT2D eigenvalue weighted by Crippen LogP contribution is -2.09. The normalized spacial score (nSPS) is 12.4. The van der Waals surface area contributed by atoms with E-state index >= 15 is 0 Å². The summed E-state index contributed by atoms with van der Waals surface area (Å²) >= 11 is 4.43. The van der Waals surface area contributed by atoms with Gasteiger partial charge in [-0.05, 0) is 19.3 Å². The molecule has 3 heteroatoms. The second kappa shape index (κ2) is 12.3. The lowest BCUT2D eigenvalue weighted by Gasteiger charge is -2.09. The number of carbonyl (C=O) groups excluding carboxylic acids is 1. The van der Waals surface area contributed by atoms with Gasteiger partial charge in [0.05, 0.1) is 6.61 Å². The van der Waals surface area contributed by atoms with Gasteiger partial charge in [0.1, 0.15) is 0 Å². The number of rotatable bonds is 11. The Labute approximate surface area is 112 Å². The number of ether oxygens (including phenoxy) is 1. The number of hydrogen-bond donors (Lipinski definition) is 1. The van der Waals surface area contributed by atoms with Crippen LogP contribution < -0.4 is 0 Å². The average molecular weight is 260 g/mol. The van der Waals surface area contributed by atoms with E-state index in [0.717, 1.165) is 32.1 Å². The molecule has 0 aromatic carbocycles. The average Bonchev–Trinajstić information content (AvgIpc) is 2.29. The zero-order valence-electron chi connectivity index (χ0n) is 11.4. The second-order valence-corrected chi connectivity index (χ2v) is 5.35. The molecule has 0 N–H and O–H groups in total. The molecule has 0 amide bonds. The summed E-state index contributed by atoms with van der Waals surface area (Å²) in [4.78, 5) is 11.4. The minimum atomic E-state index is -0.0430. The van der Waals surface area contributed by atoms with Crippen molar-refractivity contribution in [3.63, 3.8) is 0 Å². The highest BCUT2D eigenvalue weighted by molar-refractivity contribution is 7.80. The van der Waals surface area contributed by atoms with Crippen molar-refractivity contribution in [2.75, 3.05) is 6.61 Å². The van der Waals surface area contributed by atoms with Gasteiger partial charge in [-0.15, -0.1) is 0 Å². The van der Waals surface area contributed by atoms with Crippen molar-refractivity contribution in [1.82, 2.24) is 0 Å². The molecule has 1 atom stereocenters. The molecule has 0 aromatic heterocycles. The largest absolute Gasteiger partial charge is 0.466 e. The first-order chi connectivity index (χ1) is 8.20. The number of hydrogen-bond acceptors (Lipinski definition) is 3. The molecule has 2 nitrogen and oxygen atoms in total. The van der Waals surface area contributed by atoms with Crippen LogP contribution in [0.3, 0.4) is 0 Å². The number of esters is 1. The molecule has 0 spiro atoms. The predicted molar refractivity (Wildman–Crippen MR) is 76.6 cm³/mol. The predicted octanol–water partition coefficient (Wildman–Crippen LogP) is 4.38. The molecular formula is C14H28O2S. The molecule has 17 heavy (non-hydrogen) atoms. The number of thiol groups is 1. The maximum atomic E-state index is 11.4. The maximum Gasteiger partial charge on any atom is 0.305 e. The van der Waals surface area contributed by atoms with Gasteiger partial charge < -0.3 is 4.74 Å². The van der Waals surface area contributed by atoms with Crippen molar-refractivity contribution in [2.45, 2.75) is 76.9 Å². The van der Waals surface area contributed by atoms with Crippen LogP contribution >= 0.6 is 12.6 Å². The van der Waals surface area contributed by atoms with Crippen LogP contribution in [-0.4, -0.2) is 17.8 Å². The Morgan fingerprint density at radius 1 is 1.06 bits per heavy atom. The first kappa shape index (κ1) is 16.8. The Kier molecular flexibility index (Phi) is 12.2. The van der Waals surface area contributed by atoms with Crippen LogP contribution in [0.15, 0.2) is 0 Å². The molecular weight excluding hydrogens is 232 g/mol. The molecule has 0 bridgehead atoms. The number of carbonyl (C=O) groups is 1. The van der Waals surface area contributed by atoms with Gasteiger partial charge in [0.2, 0.25) is 0 Å². The van der Waals surface area contributed by atoms with Crippen LogP contribution in [0, 0.1) is 0 Å². The summed E-state index contributed by atoms with van der Waals surface area (Å²) in [5.74, 6) is -0.0430. The third kappa shape index (κ3) is 12.1. The Morgan fingerprint density at radius 2 is 1.76 bits per heavy atom. The SMILES string of the molecule is CCCCCCCC(=O)OCCC(S)CCC. The van der Waals surface area contributed by atoms with Gasteiger partial charge in [0, 0.05) is 11.7 Å². The highest BCUT2D eigenvalue weighted by Gasteiger charge is 2.05. The smallest absolute Gasteiger partial charge is 0.305 e. The van der Waals surface area contributed by atoms with E-state index in [-0.39, 0.29) is 5.97 Å². The van der Waals surface area contributed by atoms with Gasteiger partial charge in [-0.2, -0.15) is 12.6 Å². The fourth-order valence-electron chi connectivity index (χ4n) is 1.73. The van der Waals surface area contributed by atoms with Crippen LogP contribution in [0.2, 0.25) is 0 Å². The minimum Gasteiger partial charge on any atom is -0.466 e. The Balaban J connectivity index is 3.28. The summed E-state index contributed by atoms with van der Waals surface area (Å²) < 4.78 is 5.18. The van der Waals surface area contributed by atoms with Gasteiger partial charge in [-0.25, -0.2) is 0 Å². The van der Waals surface area contributed by atoms with E-state index in [1.807, 2.05) is 0 Å². The van der Waals surface area contributed by atoms with Gasteiger partial charge in [-0.1, -0.05) is 46.0 Å². The molecule has 0 aromatic rings. The van der Waals surface area contributed by atoms with Crippen LogP contribution in [0.5, 0.6) is 0 Å². The molecule has 0 rings (SSSR count). The molecule has 0 heterocycles. The molecule has 0 aliphatic heterocycles. The van der Waals surface area contributed by atoms with Crippen LogP contribution in [0.4, 0.5) is 0 Å². The fraction of sp³-hybridized carbons (Fsp3) is 0.929. The molecule has 0 saturated heterocycles. The van der Waals surface area contributed by atoms with Crippen LogP contribution in [-0.2, 0) is 9.53 Å². The van der Waals surface area contributed by atoms with Crippen molar-refractivity contribution in [3.05, 3.63) is 0 Å². The molecule has 1 unspecified atom stereocenters. The minimum absolute atomic E-state index is 0.0430. The van der Waals surface area contributed by atoms with E-state index in [2.05, 4.69) is 26.5 Å². The fourth-order valence-corrected chi connectivity index (χ4v) is 2.10. The molecule has 0 fully saturated rings. The molecule has 0 aliphatic carbocycles. The maximum absolute atomic E-state index is 11.4. The van der Waals surface area contributed by atoms with Gasteiger partial charge in [-0.3, -0.25) is 4.79 Å². The Hall–Kier alpha value is -0.180. The van der Waals surface area contributed by atoms with Crippen LogP contribution in [0.1, 0.15) is 71.6 Å². The summed E-state index contributed by atoms with van der Waals surface area (Å²) in [5, 5.41) is 0.373. The van der Waals surface area contributed by atoms with E-state index in [9.17, 15) is 4.79 Å². The third-order valence-electron chi connectivity index (χ3n) is 2.82. The van der Waals surface area contributed by atoms with Crippen LogP contribution in [0.25, 0.3) is 0 Å². The standard InChI is InChI=1S/C14H28O2S/c1-3-5-6-7-8-10-14(15)16-12-11-13(17)9-4-2/h13,17H,3-12H2,1-2H3. The van der Waals surface area contributed by atoms with Crippen molar-refractivity contribution in [2.24, 2.45) is 0 Å². The zero-order chi connectivity index (χ0) is 12.9. The van der Waals surface area contributed by atoms with Crippen molar-refractivity contribution < 1.29 is 9.53 Å². The molecule has 102 valence electrons. The summed E-state index contributed by atoms with van der Waals surface area (Å²) in [7, 11) is 0. The summed E-state index contributed by atoms with van der Waals surface area (Å²) in [6.45, 7) is 4.87. The van der Waals surface area contributed by atoms with Gasteiger partial charge >= 0.3 is 5.97 Å². The van der Waals surface area contributed by atoms with E-state index in [0.29, 0.717) is 18.3 Å². The quantitative estimate of drug-likeness (QED) is 0.339. The first-order valence-electron chi connectivity index (χ1n) is 7.04. The topological polar surface area (TPSA) is 26.3 Å². The first-order valence-corrected chi connectivity index (χ1v) is 7.56. The third-order valence-corrected chi connectivity index (χ3v) is 3.34. The van der Waals surface area contributed by atoms with E-state index < -0.39 is 0 Å². The zero-order valence-corrected chi connectivity index (χ0v) is 12.3. The lowest BCUT2D eigenvalue weighted by atomic mass is 10.1. The summed E-state index contributed by atoms with van der Waals surface area (Å²) in [6, 6.07) is 0. The Bertz CT molecular complexity index is 183. The molecule has 0 aliphatic rings. The highest BCUT2D eigenvalue weighted by Crippen LogP contribution is 2.10. The van der Waals surface area contributed by atoms with E-state index in [4.69, 9.17) is 4.74 Å². The van der Waals surface area contributed by atoms with E-state index in [1.54, 1.807) is 0 Å². The monoisotopic (exact) mass is 260 g/mol. The summed E-state index contributed by atoms with van der Waals surface area (Å²) in [6.07, 6.45) is 9.55. The highest BCUT2D eigenvalue weighted by atomic mass is 32.1. The lowest BCUT2D eigenvalue weighted by molar-refractivity contribution is -0.143. The number of unbranched alkanes of at least 4 members (excludes halogenated alkanes) is 4. The summed E-state index contributed by atoms with van der Waals surface area (Å²) in [5.41, 5.74) is 0.